The van der Waals surface area contributed by atoms with Gasteiger partial charge in [-0.1, -0.05) is 18.9 Å². The molecule has 136 valence electrons. The van der Waals surface area contributed by atoms with Gasteiger partial charge in [0.2, 0.25) is 5.91 Å². The summed E-state index contributed by atoms with van der Waals surface area (Å²) in [5.41, 5.74) is 1.86. The molecule has 1 fully saturated rings. The van der Waals surface area contributed by atoms with Crippen LogP contribution in [0.5, 0.6) is 0 Å². The maximum Gasteiger partial charge on any atom is 0.255 e. The lowest BCUT2D eigenvalue weighted by Gasteiger charge is -2.21. The van der Waals surface area contributed by atoms with Gasteiger partial charge in [0.1, 0.15) is 5.82 Å². The zero-order valence-electron chi connectivity index (χ0n) is 15.0. The Labute approximate surface area is 153 Å². The van der Waals surface area contributed by atoms with Gasteiger partial charge in [-0.2, -0.15) is 0 Å². The second-order valence-corrected chi connectivity index (χ2v) is 6.52. The van der Waals surface area contributed by atoms with Crippen LogP contribution in [0.15, 0.2) is 42.6 Å². The molecule has 1 aromatic heterocycles. The van der Waals surface area contributed by atoms with Gasteiger partial charge in [0, 0.05) is 43.1 Å². The molecule has 0 spiro atoms. The number of aromatic nitrogens is 1. The smallest absolute Gasteiger partial charge is 0.255 e. The van der Waals surface area contributed by atoms with Gasteiger partial charge in [-0.3, -0.25) is 9.59 Å². The summed E-state index contributed by atoms with van der Waals surface area (Å²) in [5, 5.41) is 5.59. The minimum Gasteiger partial charge on any atom is -0.357 e. The van der Waals surface area contributed by atoms with Gasteiger partial charge in [0.05, 0.1) is 0 Å². The summed E-state index contributed by atoms with van der Waals surface area (Å²) in [7, 11) is 0. The van der Waals surface area contributed by atoms with E-state index < -0.39 is 0 Å². The molecule has 26 heavy (non-hydrogen) atoms. The van der Waals surface area contributed by atoms with E-state index >= 15 is 0 Å². The van der Waals surface area contributed by atoms with Gasteiger partial charge in [0.25, 0.3) is 5.91 Å². The van der Waals surface area contributed by atoms with Crippen LogP contribution in [0.2, 0.25) is 0 Å². The lowest BCUT2D eigenvalue weighted by atomic mass is 10.2. The summed E-state index contributed by atoms with van der Waals surface area (Å²) in [6.45, 7) is 3.42. The molecule has 0 bridgehead atoms. The van der Waals surface area contributed by atoms with Gasteiger partial charge < -0.3 is 15.5 Å². The van der Waals surface area contributed by atoms with Crippen molar-refractivity contribution in [3.05, 3.63) is 48.2 Å². The fourth-order valence-electron chi connectivity index (χ4n) is 3.11. The lowest BCUT2D eigenvalue weighted by Crippen LogP contribution is -2.25. The van der Waals surface area contributed by atoms with E-state index in [9.17, 15) is 9.59 Å². The standard InChI is InChI=1S/C20H24N4O2/c1-15(25)22-17-7-6-8-18(14-17)23-20(26)16-9-10-21-19(13-16)24-11-4-2-3-5-12-24/h6-10,13-14H,2-5,11-12H2,1H3,(H,22,25)(H,23,26). The first kappa shape index (κ1) is 17.9. The number of carbonyl (C=O) groups is 2. The molecular formula is C20H24N4O2. The molecule has 1 saturated heterocycles. The number of hydrogen-bond acceptors (Lipinski definition) is 4. The molecule has 2 heterocycles. The van der Waals surface area contributed by atoms with Crippen molar-refractivity contribution in [2.45, 2.75) is 32.6 Å². The van der Waals surface area contributed by atoms with Crippen molar-refractivity contribution < 1.29 is 9.59 Å². The average molecular weight is 352 g/mol. The monoisotopic (exact) mass is 352 g/mol. The van der Waals surface area contributed by atoms with Crippen molar-refractivity contribution in [1.29, 1.82) is 0 Å². The average Bonchev–Trinajstić information content (AvgIpc) is 2.91. The molecule has 6 nitrogen and oxygen atoms in total. The highest BCUT2D eigenvalue weighted by Crippen LogP contribution is 2.20. The summed E-state index contributed by atoms with van der Waals surface area (Å²) < 4.78 is 0. The molecule has 1 aliphatic heterocycles. The Balaban J connectivity index is 1.72. The molecule has 6 heteroatoms. The zero-order chi connectivity index (χ0) is 18.4. The van der Waals surface area contributed by atoms with Crippen LogP contribution < -0.4 is 15.5 Å². The Morgan fingerprint density at radius 1 is 0.962 bits per heavy atom. The molecule has 2 N–H and O–H groups in total. The molecular weight excluding hydrogens is 328 g/mol. The number of anilines is 3. The lowest BCUT2D eigenvalue weighted by molar-refractivity contribution is -0.114. The number of carbonyl (C=O) groups excluding carboxylic acids is 2. The number of nitrogens with zero attached hydrogens (tertiary/aromatic N) is 2. The molecule has 2 aromatic rings. The molecule has 0 aliphatic carbocycles. The summed E-state index contributed by atoms with van der Waals surface area (Å²) in [4.78, 5) is 30.5. The Morgan fingerprint density at radius 2 is 1.65 bits per heavy atom. The van der Waals surface area contributed by atoms with E-state index in [2.05, 4.69) is 20.5 Å². The Morgan fingerprint density at radius 3 is 2.35 bits per heavy atom. The highest BCUT2D eigenvalue weighted by atomic mass is 16.2. The number of benzene rings is 1. The third kappa shape index (κ3) is 4.81. The molecule has 2 amide bonds. The maximum absolute atomic E-state index is 12.6. The third-order valence-corrected chi connectivity index (χ3v) is 4.38. The van der Waals surface area contributed by atoms with Crippen molar-refractivity contribution in [3.63, 3.8) is 0 Å². The first-order valence-electron chi connectivity index (χ1n) is 9.02. The fourth-order valence-corrected chi connectivity index (χ4v) is 3.11. The number of pyridine rings is 1. The second-order valence-electron chi connectivity index (χ2n) is 6.52. The first-order chi connectivity index (χ1) is 12.6. The van der Waals surface area contributed by atoms with E-state index in [1.54, 1.807) is 36.5 Å². The molecule has 0 atom stereocenters. The van der Waals surface area contributed by atoms with E-state index in [1.165, 1.54) is 19.8 Å². The van der Waals surface area contributed by atoms with Crippen LogP contribution in [0.25, 0.3) is 0 Å². The largest absolute Gasteiger partial charge is 0.357 e. The van der Waals surface area contributed by atoms with E-state index in [-0.39, 0.29) is 11.8 Å². The summed E-state index contributed by atoms with van der Waals surface area (Å²) in [6.07, 6.45) is 6.51. The molecule has 0 saturated carbocycles. The van der Waals surface area contributed by atoms with Crippen molar-refractivity contribution in [2.24, 2.45) is 0 Å². The van der Waals surface area contributed by atoms with Crippen molar-refractivity contribution in [2.75, 3.05) is 28.6 Å². The SMILES string of the molecule is CC(=O)Nc1cccc(NC(=O)c2ccnc(N3CCCCCC3)c2)c1. The Bertz CT molecular complexity index is 783. The molecule has 3 rings (SSSR count). The fraction of sp³-hybridized carbons (Fsp3) is 0.350. The van der Waals surface area contributed by atoms with E-state index in [4.69, 9.17) is 0 Å². The predicted molar refractivity (Wildman–Crippen MR) is 104 cm³/mol. The van der Waals surface area contributed by atoms with Crippen LogP contribution in [0.4, 0.5) is 17.2 Å². The van der Waals surface area contributed by atoms with Crippen LogP contribution >= 0.6 is 0 Å². The first-order valence-corrected chi connectivity index (χ1v) is 9.02. The molecule has 0 unspecified atom stereocenters. The topological polar surface area (TPSA) is 74.3 Å². The van der Waals surface area contributed by atoms with Crippen LogP contribution in [0, 0.1) is 0 Å². The Hall–Kier alpha value is -2.89. The van der Waals surface area contributed by atoms with Crippen molar-refractivity contribution in [3.8, 4) is 0 Å². The van der Waals surface area contributed by atoms with E-state index in [0.29, 0.717) is 16.9 Å². The van der Waals surface area contributed by atoms with Gasteiger partial charge in [0.15, 0.2) is 0 Å². The number of rotatable bonds is 4. The van der Waals surface area contributed by atoms with Gasteiger partial charge in [-0.25, -0.2) is 4.98 Å². The number of nitrogens with one attached hydrogen (secondary N) is 2. The van der Waals surface area contributed by atoms with Crippen LogP contribution in [-0.4, -0.2) is 29.9 Å². The quantitative estimate of drug-likeness (QED) is 0.880. The summed E-state index contributed by atoms with van der Waals surface area (Å²) in [5.74, 6) is 0.514. The molecule has 1 aliphatic rings. The minimum absolute atomic E-state index is 0.148. The maximum atomic E-state index is 12.6. The zero-order valence-corrected chi connectivity index (χ0v) is 15.0. The van der Waals surface area contributed by atoms with Crippen molar-refractivity contribution >= 4 is 29.0 Å². The number of amides is 2. The van der Waals surface area contributed by atoms with Crippen LogP contribution in [0.3, 0.4) is 0 Å². The normalized spacial score (nSPS) is 14.4. The van der Waals surface area contributed by atoms with Gasteiger partial charge >= 0.3 is 0 Å². The van der Waals surface area contributed by atoms with Crippen LogP contribution in [-0.2, 0) is 4.79 Å². The van der Waals surface area contributed by atoms with E-state index in [0.717, 1.165) is 31.7 Å². The van der Waals surface area contributed by atoms with Gasteiger partial charge in [-0.05, 0) is 43.2 Å². The highest BCUT2D eigenvalue weighted by Gasteiger charge is 2.14. The Kier molecular flexibility index (Phi) is 5.84. The molecule has 1 aromatic carbocycles. The second kappa shape index (κ2) is 8.47. The summed E-state index contributed by atoms with van der Waals surface area (Å²) >= 11 is 0. The minimum atomic E-state index is -0.191. The third-order valence-electron chi connectivity index (χ3n) is 4.38. The highest BCUT2D eigenvalue weighted by molar-refractivity contribution is 6.05. The number of hydrogen-bond donors (Lipinski definition) is 2. The van der Waals surface area contributed by atoms with Gasteiger partial charge in [-0.15, -0.1) is 0 Å². The predicted octanol–water partition coefficient (Wildman–Crippen LogP) is 3.67. The van der Waals surface area contributed by atoms with Crippen molar-refractivity contribution in [1.82, 2.24) is 4.98 Å². The summed E-state index contributed by atoms with van der Waals surface area (Å²) in [6, 6.07) is 10.7. The van der Waals surface area contributed by atoms with Crippen LogP contribution in [0.1, 0.15) is 43.0 Å². The molecule has 0 radical (unpaired) electrons. The van der Waals surface area contributed by atoms with E-state index in [1.807, 2.05) is 6.07 Å².